The number of amides is 2. The molecule has 1 heterocycles. The van der Waals surface area contributed by atoms with Gasteiger partial charge in [-0.2, -0.15) is 0 Å². The Balaban J connectivity index is 1.71. The van der Waals surface area contributed by atoms with Crippen molar-refractivity contribution in [3.63, 3.8) is 0 Å². The number of rotatable bonds is 3. The lowest BCUT2D eigenvalue weighted by atomic mass is 9.84. The van der Waals surface area contributed by atoms with Crippen molar-refractivity contribution < 1.29 is 14.3 Å². The van der Waals surface area contributed by atoms with Crippen LogP contribution in [0.4, 0.5) is 5.69 Å². The number of nitrogens with one attached hydrogen (secondary N) is 2. The number of benzene rings is 1. The highest BCUT2D eigenvalue weighted by Crippen LogP contribution is 2.31. The van der Waals surface area contributed by atoms with E-state index in [1.807, 2.05) is 25.1 Å². The predicted octanol–water partition coefficient (Wildman–Crippen LogP) is 1.99. The first kappa shape index (κ1) is 13.0. The topological polar surface area (TPSA) is 67.4 Å². The molecule has 0 spiro atoms. The van der Waals surface area contributed by atoms with Crippen LogP contribution in [0.25, 0.3) is 0 Å². The molecule has 0 aromatic heterocycles. The Morgan fingerprint density at radius 3 is 2.95 bits per heavy atom. The molecule has 2 amide bonds. The molecule has 1 fully saturated rings. The fourth-order valence-corrected chi connectivity index (χ4v) is 2.46. The molecular weight excluding hydrogens is 256 g/mol. The molecule has 5 nitrogen and oxygen atoms in total. The lowest BCUT2D eigenvalue weighted by molar-refractivity contribution is -0.128. The number of hydrogen-bond donors (Lipinski definition) is 2. The minimum atomic E-state index is -0.152. The van der Waals surface area contributed by atoms with Gasteiger partial charge in [0.25, 0.3) is 5.91 Å². The van der Waals surface area contributed by atoms with Crippen LogP contribution in [-0.2, 0) is 9.59 Å². The monoisotopic (exact) mass is 274 g/mol. The first-order valence-corrected chi connectivity index (χ1v) is 7.00. The molecule has 1 aliphatic carbocycles. The maximum atomic E-state index is 11.9. The van der Waals surface area contributed by atoms with Crippen LogP contribution in [0.3, 0.4) is 0 Å². The molecule has 106 valence electrons. The van der Waals surface area contributed by atoms with Crippen molar-refractivity contribution in [1.82, 2.24) is 5.32 Å². The van der Waals surface area contributed by atoms with Gasteiger partial charge in [0.1, 0.15) is 5.75 Å². The lowest BCUT2D eigenvalue weighted by Crippen LogP contribution is -2.36. The normalized spacial score (nSPS) is 19.1. The fraction of sp³-hybridized carbons (Fsp3) is 0.467. The average Bonchev–Trinajstić information content (AvgIpc) is 2.35. The van der Waals surface area contributed by atoms with E-state index in [4.69, 9.17) is 4.74 Å². The van der Waals surface area contributed by atoms with Crippen LogP contribution in [0.15, 0.2) is 18.2 Å². The van der Waals surface area contributed by atoms with Crippen LogP contribution in [0.5, 0.6) is 5.75 Å². The third-order valence-electron chi connectivity index (χ3n) is 3.97. The second kappa shape index (κ2) is 5.15. The molecule has 2 aliphatic rings. The minimum Gasteiger partial charge on any atom is -0.482 e. The third-order valence-corrected chi connectivity index (χ3v) is 3.97. The molecule has 1 saturated carbocycles. The number of fused-ring (bicyclic) bond motifs is 1. The van der Waals surface area contributed by atoms with E-state index in [0.717, 1.165) is 24.8 Å². The van der Waals surface area contributed by atoms with Gasteiger partial charge in [-0.3, -0.25) is 9.59 Å². The number of carbonyl (C=O) groups excluding carboxylic acids is 2. The smallest absolute Gasteiger partial charge is 0.262 e. The Bertz CT molecular complexity index is 552. The Kier molecular flexibility index (Phi) is 3.34. The zero-order chi connectivity index (χ0) is 14.1. The highest BCUT2D eigenvalue weighted by Gasteiger charge is 2.26. The highest BCUT2D eigenvalue weighted by molar-refractivity contribution is 5.95. The Hall–Kier alpha value is -2.04. The van der Waals surface area contributed by atoms with Crippen LogP contribution in [0.2, 0.25) is 0 Å². The number of hydrogen-bond acceptors (Lipinski definition) is 3. The van der Waals surface area contributed by atoms with Gasteiger partial charge in [0, 0.05) is 5.92 Å². The Labute approximate surface area is 117 Å². The molecule has 1 unspecified atom stereocenters. The van der Waals surface area contributed by atoms with Gasteiger partial charge in [0.15, 0.2) is 6.61 Å². The Morgan fingerprint density at radius 1 is 1.45 bits per heavy atom. The summed E-state index contributed by atoms with van der Waals surface area (Å²) >= 11 is 0. The zero-order valence-electron chi connectivity index (χ0n) is 11.4. The van der Waals surface area contributed by atoms with E-state index in [2.05, 4.69) is 10.6 Å². The SMILES string of the molecule is CC(NC(=O)C1CCC1)c1ccc2c(c1)NC(=O)CO2. The first-order chi connectivity index (χ1) is 9.63. The Morgan fingerprint density at radius 2 is 2.25 bits per heavy atom. The molecule has 0 radical (unpaired) electrons. The van der Waals surface area contributed by atoms with Crippen molar-refractivity contribution in [2.45, 2.75) is 32.2 Å². The molecule has 1 aliphatic heterocycles. The van der Waals surface area contributed by atoms with Gasteiger partial charge in [-0.1, -0.05) is 12.5 Å². The van der Waals surface area contributed by atoms with Gasteiger partial charge in [-0.05, 0) is 37.5 Å². The largest absolute Gasteiger partial charge is 0.482 e. The van der Waals surface area contributed by atoms with Gasteiger partial charge >= 0.3 is 0 Å². The van der Waals surface area contributed by atoms with E-state index in [9.17, 15) is 9.59 Å². The summed E-state index contributed by atoms with van der Waals surface area (Å²) in [4.78, 5) is 23.3. The summed E-state index contributed by atoms with van der Waals surface area (Å²) in [5.41, 5.74) is 1.63. The van der Waals surface area contributed by atoms with Crippen molar-refractivity contribution in [2.24, 2.45) is 5.92 Å². The maximum absolute atomic E-state index is 11.9. The second-order valence-electron chi connectivity index (χ2n) is 5.45. The van der Waals surface area contributed by atoms with E-state index < -0.39 is 0 Å². The van der Waals surface area contributed by atoms with Crippen LogP contribution in [0.1, 0.15) is 37.8 Å². The first-order valence-electron chi connectivity index (χ1n) is 7.00. The van der Waals surface area contributed by atoms with Crippen LogP contribution < -0.4 is 15.4 Å². The molecule has 1 atom stereocenters. The maximum Gasteiger partial charge on any atom is 0.262 e. The summed E-state index contributed by atoms with van der Waals surface area (Å²) in [6, 6.07) is 5.53. The number of ether oxygens (including phenoxy) is 1. The molecule has 3 rings (SSSR count). The minimum absolute atomic E-state index is 0.0559. The van der Waals surface area contributed by atoms with Crippen LogP contribution >= 0.6 is 0 Å². The van der Waals surface area contributed by atoms with E-state index in [1.165, 1.54) is 0 Å². The molecule has 1 aromatic carbocycles. The molecule has 2 N–H and O–H groups in total. The molecule has 0 bridgehead atoms. The van der Waals surface area contributed by atoms with Crippen LogP contribution in [0, 0.1) is 5.92 Å². The van der Waals surface area contributed by atoms with E-state index in [-0.39, 0.29) is 30.4 Å². The van der Waals surface area contributed by atoms with Crippen molar-refractivity contribution in [3.8, 4) is 5.75 Å². The van der Waals surface area contributed by atoms with Gasteiger partial charge in [0.05, 0.1) is 11.7 Å². The molecule has 20 heavy (non-hydrogen) atoms. The molecular formula is C15H18N2O3. The number of carbonyl (C=O) groups is 2. The van der Waals surface area contributed by atoms with Crippen molar-refractivity contribution >= 4 is 17.5 Å². The molecule has 1 aromatic rings. The summed E-state index contributed by atoms with van der Waals surface area (Å²) in [6.07, 6.45) is 3.13. The van der Waals surface area contributed by atoms with Crippen molar-refractivity contribution in [3.05, 3.63) is 23.8 Å². The second-order valence-corrected chi connectivity index (χ2v) is 5.45. The van der Waals surface area contributed by atoms with E-state index >= 15 is 0 Å². The van der Waals surface area contributed by atoms with Gasteiger partial charge < -0.3 is 15.4 Å². The van der Waals surface area contributed by atoms with Crippen molar-refractivity contribution in [2.75, 3.05) is 11.9 Å². The van der Waals surface area contributed by atoms with Crippen LogP contribution in [-0.4, -0.2) is 18.4 Å². The van der Waals surface area contributed by atoms with E-state index in [0.29, 0.717) is 11.4 Å². The lowest BCUT2D eigenvalue weighted by Gasteiger charge is -2.27. The van der Waals surface area contributed by atoms with Gasteiger partial charge in [-0.15, -0.1) is 0 Å². The molecule has 5 heteroatoms. The average molecular weight is 274 g/mol. The summed E-state index contributed by atoms with van der Waals surface area (Å²) in [7, 11) is 0. The molecule has 0 saturated heterocycles. The summed E-state index contributed by atoms with van der Waals surface area (Å²) < 4.78 is 5.32. The standard InChI is InChI=1S/C15H18N2O3/c1-9(16-15(19)10-3-2-4-10)11-5-6-13-12(7-11)17-14(18)8-20-13/h5-7,9-10H,2-4,8H2,1H3,(H,16,19)(H,17,18). The summed E-state index contributed by atoms with van der Waals surface area (Å²) in [5, 5.41) is 5.80. The zero-order valence-corrected chi connectivity index (χ0v) is 11.4. The third kappa shape index (κ3) is 2.48. The van der Waals surface area contributed by atoms with Crippen molar-refractivity contribution in [1.29, 1.82) is 0 Å². The van der Waals surface area contributed by atoms with E-state index in [1.54, 1.807) is 0 Å². The fourth-order valence-electron chi connectivity index (χ4n) is 2.46. The van der Waals surface area contributed by atoms with Gasteiger partial charge in [-0.25, -0.2) is 0 Å². The summed E-state index contributed by atoms with van der Waals surface area (Å²) in [6.45, 7) is 2.00. The predicted molar refractivity (Wildman–Crippen MR) is 74.5 cm³/mol. The van der Waals surface area contributed by atoms with Gasteiger partial charge in [0.2, 0.25) is 5.91 Å². The summed E-state index contributed by atoms with van der Waals surface area (Å²) in [5.74, 6) is 0.826. The quantitative estimate of drug-likeness (QED) is 0.885. The number of anilines is 1. The highest BCUT2D eigenvalue weighted by atomic mass is 16.5.